The summed E-state index contributed by atoms with van der Waals surface area (Å²) in [5, 5.41) is 0.819. The number of thiazole rings is 1. The molecule has 0 atom stereocenters. The van der Waals surface area contributed by atoms with Crippen LogP contribution in [-0.4, -0.2) is 10.9 Å². The molecule has 1 heterocycles. The second kappa shape index (κ2) is 2.98. The van der Waals surface area contributed by atoms with Gasteiger partial charge in [0.05, 0.1) is 9.88 Å². The highest BCUT2D eigenvalue weighted by Crippen LogP contribution is 2.16. The zero-order valence-electron chi connectivity index (χ0n) is 6.13. The van der Waals surface area contributed by atoms with E-state index < -0.39 is 5.91 Å². The molecule has 0 aliphatic carbocycles. The average Bonchev–Trinajstić information content (AvgIpc) is 2.30. The molecule has 4 N–H and O–H groups in total. The summed E-state index contributed by atoms with van der Waals surface area (Å²) in [4.78, 5) is 15.4. The highest BCUT2D eigenvalue weighted by molar-refractivity contribution is 7.11. The van der Waals surface area contributed by atoms with Crippen molar-refractivity contribution in [2.75, 3.05) is 0 Å². The van der Waals surface area contributed by atoms with E-state index in [0.717, 1.165) is 9.88 Å². The smallest absolute Gasteiger partial charge is 0.268 e. The molecule has 11 heavy (non-hydrogen) atoms. The van der Waals surface area contributed by atoms with Gasteiger partial charge < -0.3 is 11.5 Å². The van der Waals surface area contributed by atoms with Gasteiger partial charge in [-0.3, -0.25) is 4.79 Å². The molecule has 0 bridgehead atoms. The molecular weight excluding hydrogens is 162 g/mol. The van der Waals surface area contributed by atoms with Crippen LogP contribution in [0.15, 0.2) is 0 Å². The maximum Gasteiger partial charge on any atom is 0.268 e. The van der Waals surface area contributed by atoms with Crippen molar-refractivity contribution in [1.82, 2.24) is 4.98 Å². The number of aromatic nitrogens is 1. The minimum atomic E-state index is -0.505. The predicted octanol–water partition coefficient (Wildman–Crippen LogP) is 0.00912. The van der Waals surface area contributed by atoms with Gasteiger partial charge in [0.15, 0.2) is 0 Å². The van der Waals surface area contributed by atoms with E-state index in [2.05, 4.69) is 4.98 Å². The van der Waals surface area contributed by atoms with Gasteiger partial charge in [0, 0.05) is 6.54 Å². The maximum atomic E-state index is 10.7. The first-order chi connectivity index (χ1) is 5.15. The second-order valence-electron chi connectivity index (χ2n) is 2.07. The van der Waals surface area contributed by atoms with E-state index in [4.69, 9.17) is 11.5 Å². The summed E-state index contributed by atoms with van der Waals surface area (Å²) in [6.07, 6.45) is 0. The van der Waals surface area contributed by atoms with Crippen LogP contribution in [0.5, 0.6) is 0 Å². The third kappa shape index (κ3) is 1.55. The fourth-order valence-corrected chi connectivity index (χ4v) is 1.62. The average molecular weight is 171 g/mol. The monoisotopic (exact) mass is 171 g/mol. The molecule has 0 aliphatic rings. The first-order valence-corrected chi connectivity index (χ1v) is 3.93. The van der Waals surface area contributed by atoms with Crippen LogP contribution in [0.4, 0.5) is 0 Å². The van der Waals surface area contributed by atoms with Crippen molar-refractivity contribution in [1.29, 1.82) is 0 Å². The van der Waals surface area contributed by atoms with E-state index in [1.165, 1.54) is 11.3 Å². The van der Waals surface area contributed by atoms with Crippen molar-refractivity contribution >= 4 is 17.2 Å². The Hall–Kier alpha value is -0.940. The van der Waals surface area contributed by atoms with Crippen LogP contribution in [0.1, 0.15) is 20.4 Å². The van der Waals surface area contributed by atoms with E-state index in [9.17, 15) is 4.79 Å². The van der Waals surface area contributed by atoms with E-state index in [1.807, 2.05) is 6.92 Å². The lowest BCUT2D eigenvalue weighted by Gasteiger charge is -1.90. The van der Waals surface area contributed by atoms with Crippen molar-refractivity contribution < 1.29 is 4.79 Å². The van der Waals surface area contributed by atoms with Crippen molar-refractivity contribution in [3.8, 4) is 0 Å². The first-order valence-electron chi connectivity index (χ1n) is 3.11. The third-order valence-electron chi connectivity index (χ3n) is 1.22. The lowest BCUT2D eigenvalue weighted by molar-refractivity contribution is 0.0995. The van der Waals surface area contributed by atoms with Gasteiger partial charge in [0.1, 0.15) is 5.69 Å². The van der Waals surface area contributed by atoms with Gasteiger partial charge in [-0.05, 0) is 6.92 Å². The number of rotatable bonds is 2. The molecule has 0 saturated heterocycles. The predicted molar refractivity (Wildman–Crippen MR) is 43.3 cm³/mol. The molecule has 4 nitrogen and oxygen atoms in total. The molecule has 1 amide bonds. The SMILES string of the molecule is Cc1nc(C(N)=O)c(CN)s1. The molecule has 1 aromatic heterocycles. The number of amides is 1. The number of carbonyl (C=O) groups excluding carboxylic acids is 1. The van der Waals surface area contributed by atoms with Crippen molar-refractivity contribution in [3.63, 3.8) is 0 Å². The molecule has 0 fully saturated rings. The van der Waals surface area contributed by atoms with Crippen LogP contribution in [-0.2, 0) is 6.54 Å². The Morgan fingerprint density at radius 3 is 2.73 bits per heavy atom. The van der Waals surface area contributed by atoms with Gasteiger partial charge in [-0.2, -0.15) is 0 Å². The number of primary amides is 1. The Kier molecular flexibility index (Phi) is 2.21. The quantitative estimate of drug-likeness (QED) is 0.657. The minimum absolute atomic E-state index is 0.315. The highest BCUT2D eigenvalue weighted by atomic mass is 32.1. The van der Waals surface area contributed by atoms with Gasteiger partial charge in [-0.15, -0.1) is 11.3 Å². The first kappa shape index (κ1) is 8.16. The highest BCUT2D eigenvalue weighted by Gasteiger charge is 2.11. The minimum Gasteiger partial charge on any atom is -0.364 e. The normalized spacial score (nSPS) is 10.0. The number of hydrogen-bond donors (Lipinski definition) is 2. The molecule has 0 radical (unpaired) electrons. The molecule has 60 valence electrons. The topological polar surface area (TPSA) is 82.0 Å². The summed E-state index contributed by atoms with van der Waals surface area (Å²) >= 11 is 1.41. The van der Waals surface area contributed by atoms with Crippen LogP contribution < -0.4 is 11.5 Å². The van der Waals surface area contributed by atoms with Crippen molar-refractivity contribution in [2.45, 2.75) is 13.5 Å². The number of nitrogens with two attached hydrogens (primary N) is 2. The summed E-state index contributed by atoms with van der Waals surface area (Å²) in [6, 6.07) is 0. The van der Waals surface area contributed by atoms with E-state index >= 15 is 0 Å². The van der Waals surface area contributed by atoms with Gasteiger partial charge in [0.2, 0.25) is 0 Å². The molecule has 0 aromatic carbocycles. The Labute approximate surface area is 68.2 Å². The summed E-state index contributed by atoms with van der Waals surface area (Å²) in [5.41, 5.74) is 10.7. The van der Waals surface area contributed by atoms with Gasteiger partial charge >= 0.3 is 0 Å². The largest absolute Gasteiger partial charge is 0.364 e. The van der Waals surface area contributed by atoms with E-state index in [0.29, 0.717) is 12.2 Å². The standard InChI is InChI=1S/C6H9N3OS/c1-3-9-5(6(8)10)4(2-7)11-3/h2,7H2,1H3,(H2,8,10). The summed E-state index contributed by atoms with van der Waals surface area (Å²) in [5.74, 6) is -0.505. The summed E-state index contributed by atoms with van der Waals surface area (Å²) in [6.45, 7) is 2.14. The lowest BCUT2D eigenvalue weighted by atomic mass is 10.3. The fourth-order valence-electron chi connectivity index (χ4n) is 0.800. The van der Waals surface area contributed by atoms with Crippen molar-refractivity contribution in [3.05, 3.63) is 15.6 Å². The number of aryl methyl sites for hydroxylation is 1. The summed E-state index contributed by atoms with van der Waals surface area (Å²) in [7, 11) is 0. The molecule has 5 heteroatoms. The Morgan fingerprint density at radius 1 is 1.73 bits per heavy atom. The van der Waals surface area contributed by atoms with Crippen LogP contribution in [0.2, 0.25) is 0 Å². The Bertz CT molecular complexity index is 281. The molecule has 0 spiro atoms. The van der Waals surface area contributed by atoms with Gasteiger partial charge in [0.25, 0.3) is 5.91 Å². The van der Waals surface area contributed by atoms with Crippen LogP contribution in [0, 0.1) is 6.92 Å². The van der Waals surface area contributed by atoms with Crippen LogP contribution in [0.25, 0.3) is 0 Å². The molecule has 0 saturated carbocycles. The molecule has 0 unspecified atom stereocenters. The number of carbonyl (C=O) groups is 1. The molecular formula is C6H9N3OS. The molecule has 1 rings (SSSR count). The van der Waals surface area contributed by atoms with Gasteiger partial charge in [-0.25, -0.2) is 4.98 Å². The fraction of sp³-hybridized carbons (Fsp3) is 0.333. The Morgan fingerprint density at radius 2 is 2.36 bits per heavy atom. The van der Waals surface area contributed by atoms with Crippen molar-refractivity contribution in [2.24, 2.45) is 11.5 Å². The van der Waals surface area contributed by atoms with E-state index in [1.54, 1.807) is 0 Å². The van der Waals surface area contributed by atoms with Crippen LogP contribution in [0.3, 0.4) is 0 Å². The summed E-state index contributed by atoms with van der Waals surface area (Å²) < 4.78 is 0. The lowest BCUT2D eigenvalue weighted by Crippen LogP contribution is -2.14. The van der Waals surface area contributed by atoms with E-state index in [-0.39, 0.29) is 0 Å². The number of nitrogens with zero attached hydrogens (tertiary/aromatic N) is 1. The van der Waals surface area contributed by atoms with Gasteiger partial charge in [-0.1, -0.05) is 0 Å². The molecule has 1 aromatic rings. The Balaban J connectivity index is 3.12. The second-order valence-corrected chi connectivity index (χ2v) is 3.36. The molecule has 0 aliphatic heterocycles. The zero-order chi connectivity index (χ0) is 8.43. The van der Waals surface area contributed by atoms with Crippen LogP contribution >= 0.6 is 11.3 Å². The zero-order valence-corrected chi connectivity index (χ0v) is 6.94. The number of hydrogen-bond acceptors (Lipinski definition) is 4. The maximum absolute atomic E-state index is 10.7. The third-order valence-corrected chi connectivity index (χ3v) is 2.22.